The third kappa shape index (κ3) is 1.66. The molecule has 0 fully saturated rings. The highest BCUT2D eigenvalue weighted by molar-refractivity contribution is 5.46. The smallest absolute Gasteiger partial charge is 0.278 e. The van der Waals surface area contributed by atoms with Crippen molar-refractivity contribution in [1.82, 2.24) is 20.3 Å². The van der Waals surface area contributed by atoms with E-state index in [0.717, 1.165) is 24.4 Å². The first kappa shape index (κ1) is 8.93. The number of aromatic amines is 1. The molecule has 0 bridgehead atoms. The monoisotopic (exact) mass is 192 g/mol. The molecule has 74 valence electrons. The Balaban J connectivity index is 2.24. The van der Waals surface area contributed by atoms with E-state index < -0.39 is 0 Å². The number of nitrogens with one attached hydrogen (secondary N) is 1. The van der Waals surface area contributed by atoms with Crippen LogP contribution in [0.3, 0.4) is 0 Å². The molecule has 0 atom stereocenters. The van der Waals surface area contributed by atoms with Crippen molar-refractivity contribution in [3.8, 4) is 11.6 Å². The molecule has 14 heavy (non-hydrogen) atoms. The average molecular weight is 192 g/mol. The maximum Gasteiger partial charge on any atom is 0.278 e. The van der Waals surface area contributed by atoms with E-state index in [2.05, 4.69) is 27.3 Å². The van der Waals surface area contributed by atoms with Gasteiger partial charge in [0, 0.05) is 12.1 Å². The van der Waals surface area contributed by atoms with Gasteiger partial charge in [-0.15, -0.1) is 0 Å². The van der Waals surface area contributed by atoms with Gasteiger partial charge in [0.1, 0.15) is 0 Å². The highest BCUT2D eigenvalue weighted by atomic mass is 16.5. The highest BCUT2D eigenvalue weighted by Gasteiger charge is 2.10. The lowest BCUT2D eigenvalue weighted by Crippen LogP contribution is -1.85. The van der Waals surface area contributed by atoms with Gasteiger partial charge < -0.3 is 4.52 Å². The van der Waals surface area contributed by atoms with E-state index in [-0.39, 0.29) is 0 Å². The standard InChI is InChI=1S/C9H12N4O/c1-3-4-8-10-9(14-13-8)7-5-6(2)11-12-7/h5H,3-4H2,1-2H3,(H,11,12). The van der Waals surface area contributed by atoms with Crippen LogP contribution in [0.1, 0.15) is 24.9 Å². The quantitative estimate of drug-likeness (QED) is 0.804. The fourth-order valence-electron chi connectivity index (χ4n) is 1.21. The van der Waals surface area contributed by atoms with E-state index in [0.29, 0.717) is 11.6 Å². The molecule has 0 amide bonds. The second-order valence-electron chi connectivity index (χ2n) is 3.20. The Kier molecular flexibility index (Phi) is 2.30. The first-order chi connectivity index (χ1) is 6.79. The van der Waals surface area contributed by atoms with Crippen molar-refractivity contribution in [1.29, 1.82) is 0 Å². The van der Waals surface area contributed by atoms with Crippen molar-refractivity contribution >= 4 is 0 Å². The molecule has 2 heterocycles. The van der Waals surface area contributed by atoms with Gasteiger partial charge >= 0.3 is 0 Å². The van der Waals surface area contributed by atoms with E-state index in [1.165, 1.54) is 0 Å². The number of aryl methyl sites for hydroxylation is 2. The van der Waals surface area contributed by atoms with Crippen molar-refractivity contribution in [2.24, 2.45) is 0 Å². The van der Waals surface area contributed by atoms with Crippen LogP contribution >= 0.6 is 0 Å². The summed E-state index contributed by atoms with van der Waals surface area (Å²) in [6.07, 6.45) is 1.85. The fourth-order valence-corrected chi connectivity index (χ4v) is 1.21. The predicted octanol–water partition coefficient (Wildman–Crippen LogP) is 1.72. The average Bonchev–Trinajstić information content (AvgIpc) is 2.74. The minimum atomic E-state index is 0.484. The Morgan fingerprint density at radius 3 is 3.00 bits per heavy atom. The van der Waals surface area contributed by atoms with Crippen LogP contribution in [-0.4, -0.2) is 20.3 Å². The van der Waals surface area contributed by atoms with E-state index in [9.17, 15) is 0 Å². The second kappa shape index (κ2) is 3.61. The summed E-state index contributed by atoms with van der Waals surface area (Å²) in [7, 11) is 0. The largest absolute Gasteiger partial charge is 0.332 e. The molecule has 0 radical (unpaired) electrons. The van der Waals surface area contributed by atoms with Crippen LogP contribution in [0.15, 0.2) is 10.6 Å². The summed E-state index contributed by atoms with van der Waals surface area (Å²) in [5, 5.41) is 10.7. The van der Waals surface area contributed by atoms with Crippen LogP contribution in [0.25, 0.3) is 11.6 Å². The number of nitrogens with zero attached hydrogens (tertiary/aromatic N) is 3. The van der Waals surface area contributed by atoms with Gasteiger partial charge in [-0.25, -0.2) is 0 Å². The molecule has 2 rings (SSSR count). The summed E-state index contributed by atoms with van der Waals surface area (Å²) in [6.45, 7) is 4.01. The summed E-state index contributed by atoms with van der Waals surface area (Å²) in [4.78, 5) is 4.22. The Morgan fingerprint density at radius 1 is 1.50 bits per heavy atom. The minimum absolute atomic E-state index is 0.484. The summed E-state index contributed by atoms with van der Waals surface area (Å²) >= 11 is 0. The van der Waals surface area contributed by atoms with Crippen LogP contribution in [0.5, 0.6) is 0 Å². The first-order valence-electron chi connectivity index (χ1n) is 4.64. The van der Waals surface area contributed by atoms with Crippen LogP contribution in [0, 0.1) is 6.92 Å². The zero-order valence-corrected chi connectivity index (χ0v) is 8.24. The molecule has 0 aliphatic heterocycles. The van der Waals surface area contributed by atoms with Crippen molar-refractivity contribution in [3.63, 3.8) is 0 Å². The Bertz CT molecular complexity index is 418. The molecule has 0 aliphatic rings. The SMILES string of the molecule is CCCc1noc(-c2cc(C)[nH]n2)n1. The molecule has 0 aromatic carbocycles. The number of hydrogen-bond donors (Lipinski definition) is 1. The third-order valence-electron chi connectivity index (χ3n) is 1.87. The topological polar surface area (TPSA) is 67.6 Å². The molecule has 0 spiro atoms. The van der Waals surface area contributed by atoms with E-state index in [1.807, 2.05) is 13.0 Å². The van der Waals surface area contributed by atoms with Gasteiger partial charge in [0.15, 0.2) is 11.5 Å². The minimum Gasteiger partial charge on any atom is -0.332 e. The summed E-state index contributed by atoms with van der Waals surface area (Å²) in [6, 6.07) is 1.88. The second-order valence-corrected chi connectivity index (χ2v) is 3.20. The van der Waals surface area contributed by atoms with Crippen molar-refractivity contribution < 1.29 is 4.52 Å². The van der Waals surface area contributed by atoms with Gasteiger partial charge in [-0.05, 0) is 19.4 Å². The molecule has 0 unspecified atom stereocenters. The van der Waals surface area contributed by atoms with Gasteiger partial charge in [-0.2, -0.15) is 10.1 Å². The van der Waals surface area contributed by atoms with Crippen molar-refractivity contribution in [3.05, 3.63) is 17.6 Å². The summed E-state index contributed by atoms with van der Waals surface area (Å²) < 4.78 is 5.07. The normalized spacial score (nSPS) is 10.7. The van der Waals surface area contributed by atoms with Crippen LogP contribution < -0.4 is 0 Å². The van der Waals surface area contributed by atoms with Crippen LogP contribution in [0.4, 0.5) is 0 Å². The molecular formula is C9H12N4O. The lowest BCUT2D eigenvalue weighted by Gasteiger charge is -1.83. The number of rotatable bonds is 3. The maximum atomic E-state index is 5.07. The lowest BCUT2D eigenvalue weighted by molar-refractivity contribution is 0.421. The van der Waals surface area contributed by atoms with Gasteiger partial charge in [0.05, 0.1) is 0 Å². The first-order valence-corrected chi connectivity index (χ1v) is 4.64. The molecule has 2 aromatic heterocycles. The fraction of sp³-hybridized carbons (Fsp3) is 0.444. The molecule has 5 heteroatoms. The van der Waals surface area contributed by atoms with Gasteiger partial charge in [0.25, 0.3) is 5.89 Å². The van der Waals surface area contributed by atoms with E-state index >= 15 is 0 Å². The van der Waals surface area contributed by atoms with E-state index in [4.69, 9.17) is 4.52 Å². The highest BCUT2D eigenvalue weighted by Crippen LogP contribution is 2.15. The predicted molar refractivity (Wildman–Crippen MR) is 50.6 cm³/mol. The van der Waals surface area contributed by atoms with Crippen LogP contribution in [-0.2, 0) is 6.42 Å². The maximum absolute atomic E-state index is 5.07. The van der Waals surface area contributed by atoms with Gasteiger partial charge in [-0.1, -0.05) is 12.1 Å². The number of H-pyrrole nitrogens is 1. The Labute approximate surface area is 81.5 Å². The third-order valence-corrected chi connectivity index (χ3v) is 1.87. The zero-order chi connectivity index (χ0) is 9.97. The van der Waals surface area contributed by atoms with Gasteiger partial charge in [0.2, 0.25) is 0 Å². The number of aromatic nitrogens is 4. The van der Waals surface area contributed by atoms with Crippen LogP contribution in [0.2, 0.25) is 0 Å². The molecule has 1 N–H and O–H groups in total. The Hall–Kier alpha value is -1.65. The molecule has 2 aromatic rings. The molecule has 0 saturated heterocycles. The molecule has 0 aliphatic carbocycles. The number of hydrogen-bond acceptors (Lipinski definition) is 4. The van der Waals surface area contributed by atoms with Crippen molar-refractivity contribution in [2.45, 2.75) is 26.7 Å². The lowest BCUT2D eigenvalue weighted by atomic mass is 10.3. The summed E-state index contributed by atoms with van der Waals surface area (Å²) in [5.41, 5.74) is 1.69. The molecule has 5 nitrogen and oxygen atoms in total. The van der Waals surface area contributed by atoms with Gasteiger partial charge in [-0.3, -0.25) is 5.10 Å². The van der Waals surface area contributed by atoms with Crippen molar-refractivity contribution in [2.75, 3.05) is 0 Å². The summed E-state index contributed by atoms with van der Waals surface area (Å²) in [5.74, 6) is 1.22. The molecular weight excluding hydrogens is 180 g/mol. The Morgan fingerprint density at radius 2 is 2.36 bits per heavy atom. The zero-order valence-electron chi connectivity index (χ0n) is 8.24. The molecule has 0 saturated carbocycles. The van der Waals surface area contributed by atoms with E-state index in [1.54, 1.807) is 0 Å².